The van der Waals surface area contributed by atoms with Gasteiger partial charge in [-0.3, -0.25) is 0 Å². The van der Waals surface area contributed by atoms with Gasteiger partial charge in [0.05, 0.1) is 10.4 Å². The first-order valence-corrected chi connectivity index (χ1v) is 6.34. The second kappa shape index (κ2) is 4.42. The zero-order chi connectivity index (χ0) is 10.9. The Balaban J connectivity index is 2.18. The average molecular weight is 247 g/mol. The van der Waals surface area contributed by atoms with E-state index in [2.05, 4.69) is 0 Å². The zero-order valence-corrected chi connectivity index (χ0v) is 10.3. The van der Waals surface area contributed by atoms with E-state index >= 15 is 0 Å². The molecule has 0 spiro atoms. The van der Waals surface area contributed by atoms with Crippen LogP contribution in [0.4, 0.5) is 0 Å². The Labute approximate surface area is 98.8 Å². The third kappa shape index (κ3) is 2.36. The van der Waals surface area contributed by atoms with Crippen LogP contribution in [-0.4, -0.2) is 18.3 Å². The van der Waals surface area contributed by atoms with Crippen molar-refractivity contribution in [3.05, 3.63) is 21.3 Å². The molecule has 15 heavy (non-hydrogen) atoms. The third-order valence-corrected chi connectivity index (χ3v) is 4.47. The van der Waals surface area contributed by atoms with Gasteiger partial charge in [-0.15, -0.1) is 11.3 Å². The number of hydrogen-bond donors (Lipinski definition) is 1. The summed E-state index contributed by atoms with van der Waals surface area (Å²) < 4.78 is 6.06. The van der Waals surface area contributed by atoms with Crippen LogP contribution in [-0.2, 0) is 10.3 Å². The number of aliphatic hydroxyl groups is 1. The summed E-state index contributed by atoms with van der Waals surface area (Å²) in [6.07, 6.45) is 3.71. The standard InChI is InChI=1S/C11H15ClO2S/c1-14-8-3-2-6-11(13,7-8)9-4-5-10(12)15-9/h4-5,8,13H,2-3,6-7H2,1H3. The van der Waals surface area contributed by atoms with Crippen molar-refractivity contribution in [2.75, 3.05) is 7.11 Å². The molecule has 1 aliphatic rings. The molecule has 0 amide bonds. The minimum atomic E-state index is -0.725. The zero-order valence-electron chi connectivity index (χ0n) is 8.70. The minimum absolute atomic E-state index is 0.171. The molecule has 1 saturated carbocycles. The molecule has 1 fully saturated rings. The van der Waals surface area contributed by atoms with Crippen molar-refractivity contribution in [1.29, 1.82) is 0 Å². The Morgan fingerprint density at radius 1 is 1.60 bits per heavy atom. The van der Waals surface area contributed by atoms with Crippen LogP contribution in [0, 0.1) is 0 Å². The van der Waals surface area contributed by atoms with E-state index < -0.39 is 5.60 Å². The molecule has 2 rings (SSSR count). The summed E-state index contributed by atoms with van der Waals surface area (Å²) >= 11 is 7.35. The Morgan fingerprint density at radius 3 is 3.00 bits per heavy atom. The number of methoxy groups -OCH3 is 1. The van der Waals surface area contributed by atoms with Crippen molar-refractivity contribution in [3.8, 4) is 0 Å². The van der Waals surface area contributed by atoms with Gasteiger partial charge < -0.3 is 9.84 Å². The minimum Gasteiger partial charge on any atom is -0.384 e. The summed E-state index contributed by atoms with van der Waals surface area (Å²) in [7, 11) is 1.71. The molecule has 2 atom stereocenters. The number of rotatable bonds is 2. The molecule has 84 valence electrons. The molecule has 1 heterocycles. The Morgan fingerprint density at radius 2 is 2.40 bits per heavy atom. The van der Waals surface area contributed by atoms with Crippen LogP contribution in [0.25, 0.3) is 0 Å². The van der Waals surface area contributed by atoms with Crippen molar-refractivity contribution in [2.24, 2.45) is 0 Å². The van der Waals surface area contributed by atoms with E-state index in [0.717, 1.165) is 28.5 Å². The number of thiophene rings is 1. The van der Waals surface area contributed by atoms with Gasteiger partial charge >= 0.3 is 0 Å². The van der Waals surface area contributed by atoms with Crippen LogP contribution in [0.1, 0.15) is 30.6 Å². The summed E-state index contributed by atoms with van der Waals surface area (Å²) in [4.78, 5) is 0.967. The fraction of sp³-hybridized carbons (Fsp3) is 0.636. The second-order valence-corrected chi connectivity index (χ2v) is 5.80. The van der Waals surface area contributed by atoms with E-state index in [4.69, 9.17) is 16.3 Å². The lowest BCUT2D eigenvalue weighted by Crippen LogP contribution is -2.35. The van der Waals surface area contributed by atoms with E-state index in [1.807, 2.05) is 12.1 Å². The molecule has 0 aromatic carbocycles. The lowest BCUT2D eigenvalue weighted by Gasteiger charge is -2.35. The highest BCUT2D eigenvalue weighted by atomic mass is 35.5. The monoisotopic (exact) mass is 246 g/mol. The summed E-state index contributed by atoms with van der Waals surface area (Å²) in [5.41, 5.74) is -0.725. The number of halogens is 1. The van der Waals surface area contributed by atoms with Crippen molar-refractivity contribution < 1.29 is 9.84 Å². The van der Waals surface area contributed by atoms with E-state index in [1.165, 1.54) is 11.3 Å². The first kappa shape index (κ1) is 11.4. The number of ether oxygens (including phenoxy) is 1. The quantitative estimate of drug-likeness (QED) is 0.869. The first-order chi connectivity index (χ1) is 7.14. The smallest absolute Gasteiger partial charge is 0.101 e. The fourth-order valence-corrected chi connectivity index (χ4v) is 3.36. The van der Waals surface area contributed by atoms with Gasteiger partial charge in [-0.1, -0.05) is 11.6 Å². The summed E-state index contributed by atoms with van der Waals surface area (Å²) in [6.45, 7) is 0. The van der Waals surface area contributed by atoms with Gasteiger partial charge in [-0.05, 0) is 31.4 Å². The predicted molar refractivity (Wildman–Crippen MR) is 62.5 cm³/mol. The maximum absolute atomic E-state index is 10.5. The molecule has 0 bridgehead atoms. The van der Waals surface area contributed by atoms with Gasteiger partial charge in [0, 0.05) is 18.4 Å². The van der Waals surface area contributed by atoms with Crippen LogP contribution < -0.4 is 0 Å². The molecule has 0 aliphatic heterocycles. The van der Waals surface area contributed by atoms with Crippen molar-refractivity contribution in [3.63, 3.8) is 0 Å². The topological polar surface area (TPSA) is 29.5 Å². The van der Waals surface area contributed by atoms with Crippen LogP contribution in [0.15, 0.2) is 12.1 Å². The van der Waals surface area contributed by atoms with Crippen LogP contribution in [0.2, 0.25) is 4.34 Å². The van der Waals surface area contributed by atoms with Crippen LogP contribution in [0.3, 0.4) is 0 Å². The maximum atomic E-state index is 10.5. The Hall–Kier alpha value is -0.0900. The molecule has 1 aromatic rings. The lowest BCUT2D eigenvalue weighted by atomic mass is 9.82. The molecule has 2 nitrogen and oxygen atoms in total. The summed E-state index contributed by atoms with van der Waals surface area (Å²) in [5, 5.41) is 10.5. The van der Waals surface area contributed by atoms with E-state index in [0.29, 0.717) is 6.42 Å². The molecule has 2 unspecified atom stereocenters. The van der Waals surface area contributed by atoms with E-state index in [-0.39, 0.29) is 6.10 Å². The van der Waals surface area contributed by atoms with Crippen molar-refractivity contribution >= 4 is 22.9 Å². The number of hydrogen-bond acceptors (Lipinski definition) is 3. The van der Waals surface area contributed by atoms with Gasteiger partial charge in [-0.2, -0.15) is 0 Å². The molecule has 0 radical (unpaired) electrons. The molecule has 4 heteroatoms. The lowest BCUT2D eigenvalue weighted by molar-refractivity contribution is -0.0609. The van der Waals surface area contributed by atoms with Gasteiger partial charge in [-0.25, -0.2) is 0 Å². The molecule has 1 aliphatic carbocycles. The SMILES string of the molecule is COC1CCCC(O)(c2ccc(Cl)s2)C1. The molecular weight excluding hydrogens is 232 g/mol. The average Bonchev–Trinajstić information content (AvgIpc) is 2.65. The largest absolute Gasteiger partial charge is 0.384 e. The van der Waals surface area contributed by atoms with Crippen LogP contribution >= 0.6 is 22.9 Å². The molecule has 1 aromatic heterocycles. The van der Waals surface area contributed by atoms with Crippen LogP contribution in [0.5, 0.6) is 0 Å². The van der Waals surface area contributed by atoms with Crippen molar-refractivity contribution in [2.45, 2.75) is 37.4 Å². The van der Waals surface area contributed by atoms with Gasteiger partial charge in [0.1, 0.15) is 5.60 Å². The molecule has 1 N–H and O–H groups in total. The highest BCUT2D eigenvalue weighted by Crippen LogP contribution is 2.41. The summed E-state index contributed by atoms with van der Waals surface area (Å²) in [6, 6.07) is 3.76. The maximum Gasteiger partial charge on any atom is 0.101 e. The van der Waals surface area contributed by atoms with E-state index in [1.54, 1.807) is 7.11 Å². The molecular formula is C11H15ClO2S. The van der Waals surface area contributed by atoms with Gasteiger partial charge in [0.2, 0.25) is 0 Å². The predicted octanol–water partition coefficient (Wildman–Crippen LogP) is 3.18. The van der Waals surface area contributed by atoms with Gasteiger partial charge in [0.15, 0.2) is 0 Å². The second-order valence-electron chi connectivity index (χ2n) is 4.09. The summed E-state index contributed by atoms with van der Waals surface area (Å²) in [5.74, 6) is 0. The fourth-order valence-electron chi connectivity index (χ4n) is 2.19. The van der Waals surface area contributed by atoms with E-state index in [9.17, 15) is 5.11 Å². The first-order valence-electron chi connectivity index (χ1n) is 5.15. The Bertz CT molecular complexity index is 339. The van der Waals surface area contributed by atoms with Gasteiger partial charge in [0.25, 0.3) is 0 Å². The molecule has 0 saturated heterocycles. The highest BCUT2D eigenvalue weighted by molar-refractivity contribution is 7.16. The normalized spacial score (nSPS) is 31.8. The van der Waals surface area contributed by atoms with Crippen molar-refractivity contribution in [1.82, 2.24) is 0 Å². The highest BCUT2D eigenvalue weighted by Gasteiger charge is 2.37. The Kier molecular flexibility index (Phi) is 3.36. The third-order valence-electron chi connectivity index (χ3n) is 3.05.